The summed E-state index contributed by atoms with van der Waals surface area (Å²) in [5.74, 6) is -0.226. The van der Waals surface area contributed by atoms with Crippen molar-refractivity contribution < 1.29 is 4.79 Å². The molecule has 1 aromatic rings. The Morgan fingerprint density at radius 2 is 2.19 bits per heavy atom. The molecule has 0 aliphatic rings. The molecular weight excluding hydrogens is 200 g/mol. The highest BCUT2D eigenvalue weighted by Gasteiger charge is 2.11. The van der Waals surface area contributed by atoms with Gasteiger partial charge in [0.15, 0.2) is 0 Å². The van der Waals surface area contributed by atoms with Gasteiger partial charge in [0.05, 0.1) is 12.1 Å². The van der Waals surface area contributed by atoms with Crippen molar-refractivity contribution in [1.82, 2.24) is 5.32 Å². The molecule has 1 aromatic carbocycles. The third-order valence-corrected chi connectivity index (χ3v) is 2.52. The van der Waals surface area contributed by atoms with Crippen LogP contribution in [0.25, 0.3) is 0 Å². The van der Waals surface area contributed by atoms with Crippen LogP contribution in [0.5, 0.6) is 0 Å². The maximum absolute atomic E-state index is 11.3. The van der Waals surface area contributed by atoms with Crippen molar-refractivity contribution in [1.29, 1.82) is 5.26 Å². The molecule has 0 aromatic heterocycles. The van der Waals surface area contributed by atoms with E-state index >= 15 is 0 Å². The number of nitriles is 1. The molecule has 16 heavy (non-hydrogen) atoms. The van der Waals surface area contributed by atoms with Crippen LogP contribution in [0.1, 0.15) is 36.1 Å². The first-order valence-corrected chi connectivity index (χ1v) is 5.28. The molecule has 84 valence electrons. The van der Waals surface area contributed by atoms with E-state index in [1.807, 2.05) is 39.0 Å². The number of hydrogen-bond acceptors (Lipinski definition) is 2. The molecule has 0 radical (unpaired) electrons. The maximum Gasteiger partial charge on any atom is 0.234 e. The zero-order valence-corrected chi connectivity index (χ0v) is 9.87. The Balaban J connectivity index is 2.80. The van der Waals surface area contributed by atoms with Crippen molar-refractivity contribution in [3.05, 3.63) is 34.9 Å². The SMILES string of the molecule is Cc1ccc(C)c([C@H](C)NC(=O)CC#N)c1. The quantitative estimate of drug-likeness (QED) is 0.843. The van der Waals surface area contributed by atoms with Crippen LogP contribution in [0.2, 0.25) is 0 Å². The summed E-state index contributed by atoms with van der Waals surface area (Å²) < 4.78 is 0. The molecule has 0 saturated heterocycles. The van der Waals surface area contributed by atoms with Gasteiger partial charge in [-0.3, -0.25) is 4.79 Å². The largest absolute Gasteiger partial charge is 0.349 e. The van der Waals surface area contributed by atoms with E-state index in [1.165, 1.54) is 5.56 Å². The van der Waals surface area contributed by atoms with E-state index in [9.17, 15) is 4.79 Å². The van der Waals surface area contributed by atoms with Crippen molar-refractivity contribution in [3.63, 3.8) is 0 Å². The van der Waals surface area contributed by atoms with Crippen LogP contribution in [-0.4, -0.2) is 5.91 Å². The highest BCUT2D eigenvalue weighted by molar-refractivity contribution is 5.78. The molecule has 0 aliphatic carbocycles. The number of carbonyl (C=O) groups is 1. The predicted molar refractivity (Wildman–Crippen MR) is 62.7 cm³/mol. The number of benzene rings is 1. The van der Waals surface area contributed by atoms with E-state index in [0.717, 1.165) is 11.1 Å². The lowest BCUT2D eigenvalue weighted by Crippen LogP contribution is -2.26. The Labute approximate surface area is 96.1 Å². The Morgan fingerprint density at radius 1 is 1.50 bits per heavy atom. The minimum absolute atomic E-state index is 0.0549. The molecule has 0 saturated carbocycles. The van der Waals surface area contributed by atoms with Crippen LogP contribution in [0.3, 0.4) is 0 Å². The predicted octanol–water partition coefficient (Wildman–Crippen LogP) is 2.39. The maximum atomic E-state index is 11.3. The van der Waals surface area contributed by atoms with Gasteiger partial charge in [0.1, 0.15) is 6.42 Å². The minimum atomic E-state index is -0.226. The third-order valence-electron chi connectivity index (χ3n) is 2.52. The molecule has 0 heterocycles. The molecule has 1 amide bonds. The van der Waals surface area contributed by atoms with Gasteiger partial charge in [-0.2, -0.15) is 5.26 Å². The number of nitrogens with zero attached hydrogens (tertiary/aromatic N) is 1. The molecule has 0 unspecified atom stereocenters. The molecule has 3 nitrogen and oxygen atoms in total. The number of hydrogen-bond donors (Lipinski definition) is 1. The van der Waals surface area contributed by atoms with Gasteiger partial charge in [-0.15, -0.1) is 0 Å². The Hall–Kier alpha value is -1.82. The molecule has 0 spiro atoms. The van der Waals surface area contributed by atoms with Gasteiger partial charge in [-0.1, -0.05) is 23.8 Å². The number of amides is 1. The molecule has 0 fully saturated rings. The lowest BCUT2D eigenvalue weighted by molar-refractivity contribution is -0.120. The van der Waals surface area contributed by atoms with Crippen molar-refractivity contribution in [2.75, 3.05) is 0 Å². The van der Waals surface area contributed by atoms with Crippen LogP contribution in [0.15, 0.2) is 18.2 Å². The Bertz CT molecular complexity index is 432. The minimum Gasteiger partial charge on any atom is -0.349 e. The second-order valence-corrected chi connectivity index (χ2v) is 3.98. The first-order chi connectivity index (χ1) is 7.54. The highest BCUT2D eigenvalue weighted by Crippen LogP contribution is 2.18. The molecule has 1 rings (SSSR count). The number of carbonyl (C=O) groups excluding carboxylic acids is 1. The summed E-state index contributed by atoms with van der Waals surface area (Å²) >= 11 is 0. The monoisotopic (exact) mass is 216 g/mol. The average Bonchev–Trinajstić information content (AvgIpc) is 2.21. The lowest BCUT2D eigenvalue weighted by Gasteiger charge is -2.16. The van der Waals surface area contributed by atoms with Gasteiger partial charge in [-0.25, -0.2) is 0 Å². The molecule has 0 bridgehead atoms. The molecular formula is C13H16N2O. The fourth-order valence-electron chi connectivity index (χ4n) is 1.67. The van der Waals surface area contributed by atoms with Gasteiger partial charge in [0.2, 0.25) is 5.91 Å². The van der Waals surface area contributed by atoms with E-state index in [4.69, 9.17) is 5.26 Å². The number of rotatable bonds is 3. The van der Waals surface area contributed by atoms with Gasteiger partial charge in [0.25, 0.3) is 0 Å². The van der Waals surface area contributed by atoms with Crippen molar-refractivity contribution >= 4 is 5.91 Å². The topological polar surface area (TPSA) is 52.9 Å². The average molecular weight is 216 g/mol. The molecule has 3 heteroatoms. The van der Waals surface area contributed by atoms with Crippen molar-refractivity contribution in [3.8, 4) is 6.07 Å². The van der Waals surface area contributed by atoms with Crippen LogP contribution in [0.4, 0.5) is 0 Å². The first kappa shape index (κ1) is 12.3. The van der Waals surface area contributed by atoms with Crippen LogP contribution < -0.4 is 5.32 Å². The summed E-state index contributed by atoms with van der Waals surface area (Å²) in [5, 5.41) is 11.2. The first-order valence-electron chi connectivity index (χ1n) is 5.28. The Kier molecular flexibility index (Phi) is 4.07. The lowest BCUT2D eigenvalue weighted by atomic mass is 10.00. The van der Waals surface area contributed by atoms with Gasteiger partial charge < -0.3 is 5.32 Å². The summed E-state index contributed by atoms with van der Waals surface area (Å²) in [4.78, 5) is 11.3. The van der Waals surface area contributed by atoms with E-state index < -0.39 is 0 Å². The molecule has 1 N–H and O–H groups in total. The Morgan fingerprint density at radius 3 is 2.81 bits per heavy atom. The normalized spacial score (nSPS) is 11.6. The third kappa shape index (κ3) is 3.09. The van der Waals surface area contributed by atoms with Crippen LogP contribution in [0, 0.1) is 25.2 Å². The van der Waals surface area contributed by atoms with Crippen molar-refractivity contribution in [2.45, 2.75) is 33.2 Å². The standard InChI is InChI=1S/C13H16N2O/c1-9-4-5-10(2)12(8-9)11(3)15-13(16)6-7-14/h4-5,8,11H,6H2,1-3H3,(H,15,16)/t11-/m0/s1. The van der Waals surface area contributed by atoms with E-state index in [2.05, 4.69) is 11.4 Å². The zero-order valence-electron chi connectivity index (χ0n) is 9.87. The summed E-state index contributed by atoms with van der Waals surface area (Å²) in [6.07, 6.45) is -0.0881. The summed E-state index contributed by atoms with van der Waals surface area (Å²) in [7, 11) is 0. The second kappa shape index (κ2) is 5.32. The van der Waals surface area contributed by atoms with Crippen molar-refractivity contribution in [2.24, 2.45) is 0 Å². The zero-order chi connectivity index (χ0) is 12.1. The van der Waals surface area contributed by atoms with Crippen LogP contribution >= 0.6 is 0 Å². The number of aryl methyl sites for hydroxylation is 2. The summed E-state index contributed by atoms with van der Waals surface area (Å²) in [6, 6.07) is 7.93. The smallest absolute Gasteiger partial charge is 0.234 e. The van der Waals surface area contributed by atoms with Crippen LogP contribution in [-0.2, 0) is 4.79 Å². The van der Waals surface area contributed by atoms with E-state index in [-0.39, 0.29) is 18.4 Å². The van der Waals surface area contributed by atoms with Gasteiger partial charge >= 0.3 is 0 Å². The second-order valence-electron chi connectivity index (χ2n) is 3.98. The van der Waals surface area contributed by atoms with Gasteiger partial charge in [0, 0.05) is 0 Å². The highest BCUT2D eigenvalue weighted by atomic mass is 16.1. The van der Waals surface area contributed by atoms with E-state index in [1.54, 1.807) is 0 Å². The number of nitrogens with one attached hydrogen (secondary N) is 1. The summed E-state index contributed by atoms with van der Waals surface area (Å²) in [5.41, 5.74) is 3.42. The fraction of sp³-hybridized carbons (Fsp3) is 0.385. The van der Waals surface area contributed by atoms with Gasteiger partial charge in [-0.05, 0) is 31.9 Å². The molecule has 1 atom stereocenters. The fourth-order valence-corrected chi connectivity index (χ4v) is 1.67. The summed E-state index contributed by atoms with van der Waals surface area (Å²) in [6.45, 7) is 5.96. The molecule has 0 aliphatic heterocycles. The van der Waals surface area contributed by atoms with E-state index in [0.29, 0.717) is 0 Å².